The minimum atomic E-state index is -0.0137. The molecule has 28 heavy (non-hydrogen) atoms. The number of nitrogens with two attached hydrogens (primary N) is 1. The Morgan fingerprint density at radius 1 is 1.14 bits per heavy atom. The molecule has 3 heterocycles. The molecular formula is C20H19N5O3. The lowest BCUT2D eigenvalue weighted by atomic mass is 10.0. The van der Waals surface area contributed by atoms with Gasteiger partial charge in [0, 0.05) is 23.2 Å². The fourth-order valence-electron chi connectivity index (χ4n) is 3.78. The van der Waals surface area contributed by atoms with Gasteiger partial charge in [-0.15, -0.1) is 0 Å². The van der Waals surface area contributed by atoms with Gasteiger partial charge in [0.1, 0.15) is 0 Å². The summed E-state index contributed by atoms with van der Waals surface area (Å²) in [5.74, 6) is 0.371. The van der Waals surface area contributed by atoms with Crippen molar-refractivity contribution in [3.63, 3.8) is 0 Å². The van der Waals surface area contributed by atoms with Crippen LogP contribution >= 0.6 is 0 Å². The molecular weight excluding hydrogens is 358 g/mol. The predicted octanol–water partition coefficient (Wildman–Crippen LogP) is 2.41. The second-order valence-corrected chi connectivity index (χ2v) is 6.99. The Morgan fingerprint density at radius 2 is 1.96 bits per heavy atom. The first-order valence-corrected chi connectivity index (χ1v) is 9.09. The fourth-order valence-corrected chi connectivity index (χ4v) is 3.78. The first-order chi connectivity index (χ1) is 13.6. The van der Waals surface area contributed by atoms with Crippen LogP contribution in [0, 0.1) is 0 Å². The number of methoxy groups -OCH3 is 2. The Bertz CT molecular complexity index is 1130. The topological polar surface area (TPSA) is 103 Å². The average Bonchev–Trinajstić information content (AvgIpc) is 3.51. The van der Waals surface area contributed by atoms with Gasteiger partial charge < -0.3 is 20.1 Å². The number of ether oxygens (including phenoxy) is 2. The highest BCUT2D eigenvalue weighted by Crippen LogP contribution is 2.41. The number of carbonyl (C=O) groups excluding carboxylic acids is 1. The standard InChI is InChI=1S/C20H19N5O3/c1-27-18-13(8-22-20(24-18)28-2)11-4-3-5-12-16(21)15-14(23-17(11)12)9-25(19(15)26)10-6-7-10/h3-5,8,10H,6-7,9H2,1-2H3,(H2,21,23). The van der Waals surface area contributed by atoms with Gasteiger partial charge in [-0.3, -0.25) is 4.79 Å². The highest BCUT2D eigenvalue weighted by molar-refractivity contribution is 6.11. The van der Waals surface area contributed by atoms with Crippen LogP contribution in [0.25, 0.3) is 22.0 Å². The lowest BCUT2D eigenvalue weighted by Crippen LogP contribution is -2.26. The molecule has 142 valence electrons. The van der Waals surface area contributed by atoms with Gasteiger partial charge in [-0.1, -0.05) is 18.2 Å². The quantitative estimate of drug-likeness (QED) is 0.744. The van der Waals surface area contributed by atoms with E-state index in [0.29, 0.717) is 40.8 Å². The largest absolute Gasteiger partial charge is 0.480 e. The van der Waals surface area contributed by atoms with Crippen LogP contribution < -0.4 is 15.2 Å². The number of aromatic nitrogens is 3. The van der Waals surface area contributed by atoms with E-state index in [1.165, 1.54) is 7.11 Å². The van der Waals surface area contributed by atoms with Gasteiger partial charge in [-0.25, -0.2) is 9.97 Å². The first-order valence-electron chi connectivity index (χ1n) is 9.09. The van der Waals surface area contributed by atoms with Crippen molar-refractivity contribution in [2.24, 2.45) is 0 Å². The summed E-state index contributed by atoms with van der Waals surface area (Å²) in [6.07, 6.45) is 3.74. The van der Waals surface area contributed by atoms with E-state index >= 15 is 0 Å². The highest BCUT2D eigenvalue weighted by Gasteiger charge is 2.40. The highest BCUT2D eigenvalue weighted by atomic mass is 16.5. The van der Waals surface area contributed by atoms with E-state index in [0.717, 1.165) is 29.5 Å². The van der Waals surface area contributed by atoms with E-state index in [-0.39, 0.29) is 11.9 Å². The van der Waals surface area contributed by atoms with Gasteiger partial charge in [-0.05, 0) is 12.8 Å². The Hall–Kier alpha value is -3.42. The summed E-state index contributed by atoms with van der Waals surface area (Å²) >= 11 is 0. The smallest absolute Gasteiger partial charge is 0.319 e. The number of rotatable bonds is 4. The van der Waals surface area contributed by atoms with Crippen LogP contribution in [0.1, 0.15) is 28.9 Å². The Kier molecular flexibility index (Phi) is 3.61. The maximum absolute atomic E-state index is 12.8. The summed E-state index contributed by atoms with van der Waals surface area (Å²) < 4.78 is 10.5. The number of hydrogen-bond acceptors (Lipinski definition) is 7. The number of para-hydroxylation sites is 1. The van der Waals surface area contributed by atoms with Crippen molar-refractivity contribution >= 4 is 22.5 Å². The van der Waals surface area contributed by atoms with Crippen molar-refractivity contribution in [3.8, 4) is 23.0 Å². The van der Waals surface area contributed by atoms with Crippen molar-refractivity contribution in [2.75, 3.05) is 20.0 Å². The van der Waals surface area contributed by atoms with Crippen LogP contribution in [0.3, 0.4) is 0 Å². The lowest BCUT2D eigenvalue weighted by molar-refractivity contribution is 0.0767. The third kappa shape index (κ3) is 2.37. The van der Waals surface area contributed by atoms with Crippen LogP contribution in [0.2, 0.25) is 0 Å². The van der Waals surface area contributed by atoms with Gasteiger partial charge >= 0.3 is 6.01 Å². The molecule has 2 aromatic heterocycles. The molecule has 0 radical (unpaired) electrons. The van der Waals surface area contributed by atoms with E-state index < -0.39 is 0 Å². The maximum atomic E-state index is 12.8. The number of carbonyl (C=O) groups is 1. The molecule has 0 saturated heterocycles. The summed E-state index contributed by atoms with van der Waals surface area (Å²) in [5.41, 5.74) is 10.4. The molecule has 1 fully saturated rings. The number of hydrogen-bond donors (Lipinski definition) is 1. The van der Waals surface area contributed by atoms with Gasteiger partial charge in [0.05, 0.1) is 48.8 Å². The second-order valence-electron chi connectivity index (χ2n) is 6.99. The van der Waals surface area contributed by atoms with E-state index in [1.54, 1.807) is 13.3 Å². The summed E-state index contributed by atoms with van der Waals surface area (Å²) in [6, 6.07) is 6.22. The molecule has 8 nitrogen and oxygen atoms in total. The zero-order valence-corrected chi connectivity index (χ0v) is 15.6. The number of anilines is 1. The van der Waals surface area contributed by atoms with Crippen LogP contribution in [0.15, 0.2) is 24.4 Å². The van der Waals surface area contributed by atoms with Gasteiger partial charge in [-0.2, -0.15) is 4.98 Å². The van der Waals surface area contributed by atoms with Crippen molar-refractivity contribution in [2.45, 2.75) is 25.4 Å². The molecule has 1 aromatic carbocycles. The number of nitrogens with zero attached hydrogens (tertiary/aromatic N) is 4. The number of benzene rings is 1. The predicted molar refractivity (Wildman–Crippen MR) is 103 cm³/mol. The van der Waals surface area contributed by atoms with Crippen molar-refractivity contribution in [1.82, 2.24) is 19.9 Å². The summed E-state index contributed by atoms with van der Waals surface area (Å²) in [4.78, 5) is 28.0. The zero-order chi connectivity index (χ0) is 19.4. The third-order valence-electron chi connectivity index (χ3n) is 5.31. The minimum absolute atomic E-state index is 0.0137. The molecule has 1 amide bonds. The lowest BCUT2D eigenvalue weighted by Gasteiger charge is -2.13. The van der Waals surface area contributed by atoms with E-state index in [4.69, 9.17) is 20.2 Å². The normalized spacial score (nSPS) is 15.8. The molecule has 1 aliphatic heterocycles. The molecule has 0 atom stereocenters. The van der Waals surface area contributed by atoms with Gasteiger partial charge in [0.2, 0.25) is 5.88 Å². The number of fused-ring (bicyclic) bond motifs is 2. The fraction of sp³-hybridized carbons (Fsp3) is 0.300. The maximum Gasteiger partial charge on any atom is 0.319 e. The van der Waals surface area contributed by atoms with E-state index in [9.17, 15) is 4.79 Å². The third-order valence-corrected chi connectivity index (χ3v) is 5.31. The molecule has 2 N–H and O–H groups in total. The van der Waals surface area contributed by atoms with Gasteiger partial charge in [0.15, 0.2) is 0 Å². The molecule has 3 aromatic rings. The summed E-state index contributed by atoms with van der Waals surface area (Å²) in [7, 11) is 3.04. The van der Waals surface area contributed by atoms with E-state index in [1.807, 2.05) is 23.1 Å². The van der Waals surface area contributed by atoms with Gasteiger partial charge in [0.25, 0.3) is 5.91 Å². The van der Waals surface area contributed by atoms with Crippen LogP contribution in [0.4, 0.5) is 5.69 Å². The molecule has 8 heteroatoms. The van der Waals surface area contributed by atoms with Crippen molar-refractivity contribution in [3.05, 3.63) is 35.7 Å². The number of pyridine rings is 1. The Balaban J connectivity index is 1.72. The number of nitrogen functional groups attached to an aromatic ring is 1. The number of amides is 1. The van der Waals surface area contributed by atoms with Crippen LogP contribution in [-0.2, 0) is 6.54 Å². The minimum Gasteiger partial charge on any atom is -0.480 e. The molecule has 0 spiro atoms. The summed E-state index contributed by atoms with van der Waals surface area (Å²) in [6.45, 7) is 0.504. The summed E-state index contributed by atoms with van der Waals surface area (Å²) in [5, 5.41) is 0.736. The van der Waals surface area contributed by atoms with E-state index in [2.05, 4.69) is 9.97 Å². The van der Waals surface area contributed by atoms with Crippen LogP contribution in [-0.4, -0.2) is 46.0 Å². The molecule has 2 aliphatic rings. The average molecular weight is 377 g/mol. The molecule has 1 aliphatic carbocycles. The van der Waals surface area contributed by atoms with Crippen molar-refractivity contribution < 1.29 is 14.3 Å². The molecule has 0 bridgehead atoms. The first kappa shape index (κ1) is 16.7. The Morgan fingerprint density at radius 3 is 2.68 bits per heavy atom. The molecule has 1 saturated carbocycles. The second kappa shape index (κ2) is 6.05. The van der Waals surface area contributed by atoms with Crippen molar-refractivity contribution in [1.29, 1.82) is 0 Å². The molecule has 5 rings (SSSR count). The monoisotopic (exact) mass is 377 g/mol. The Labute approximate surface area is 161 Å². The van der Waals surface area contributed by atoms with Crippen LogP contribution in [0.5, 0.6) is 11.9 Å². The SMILES string of the molecule is COc1ncc(-c2cccc3c(N)c4c(nc23)CN(C2CC2)C4=O)c(OC)n1. The zero-order valence-electron chi connectivity index (χ0n) is 15.6. The molecule has 0 unspecified atom stereocenters.